The Labute approximate surface area is 172 Å². The lowest BCUT2D eigenvalue weighted by molar-refractivity contribution is -0.384. The number of ether oxygens (including phenoxy) is 1. The molecule has 2 saturated heterocycles. The van der Waals surface area contributed by atoms with Crippen molar-refractivity contribution in [3.63, 3.8) is 0 Å². The van der Waals surface area contributed by atoms with E-state index in [1.165, 1.54) is 29.2 Å². The van der Waals surface area contributed by atoms with Gasteiger partial charge in [-0.25, -0.2) is 0 Å². The van der Waals surface area contributed by atoms with Crippen molar-refractivity contribution in [2.75, 3.05) is 13.2 Å². The summed E-state index contributed by atoms with van der Waals surface area (Å²) in [4.78, 5) is 37.7. The fourth-order valence-electron chi connectivity index (χ4n) is 3.95. The molecule has 0 radical (unpaired) electrons. The van der Waals surface area contributed by atoms with Crippen LogP contribution in [0.1, 0.15) is 30.0 Å². The van der Waals surface area contributed by atoms with Crippen molar-refractivity contribution in [2.45, 2.75) is 25.0 Å². The Kier molecular flexibility index (Phi) is 5.33. The number of ketones is 1. The predicted octanol–water partition coefficient (Wildman–Crippen LogP) is 3.20. The Hall–Kier alpha value is -3.52. The van der Waals surface area contributed by atoms with Crippen LogP contribution >= 0.6 is 0 Å². The number of aliphatic hydroxyl groups excluding tert-OH is 1. The van der Waals surface area contributed by atoms with Crippen molar-refractivity contribution in [2.24, 2.45) is 0 Å². The number of rotatable bonds is 5. The first-order valence-corrected chi connectivity index (χ1v) is 9.67. The summed E-state index contributed by atoms with van der Waals surface area (Å²) in [5, 5.41) is 21.9. The zero-order valence-corrected chi connectivity index (χ0v) is 16.1. The molecule has 0 aliphatic carbocycles. The molecule has 4 rings (SSSR count). The minimum absolute atomic E-state index is 0.0296. The number of nitro groups is 1. The third kappa shape index (κ3) is 3.57. The fraction of sp³-hybridized carbons (Fsp3) is 0.273. The van der Waals surface area contributed by atoms with Crippen LogP contribution in [0.25, 0.3) is 5.76 Å². The van der Waals surface area contributed by atoms with E-state index in [-0.39, 0.29) is 29.7 Å². The van der Waals surface area contributed by atoms with Crippen LogP contribution < -0.4 is 0 Å². The highest BCUT2D eigenvalue weighted by Gasteiger charge is 2.47. The van der Waals surface area contributed by atoms with Gasteiger partial charge in [0.2, 0.25) is 0 Å². The number of Topliss-reactive ketones (excluding diaryl/α,β-unsaturated/α-hetero) is 1. The zero-order valence-electron chi connectivity index (χ0n) is 16.1. The molecule has 2 aliphatic rings. The highest BCUT2D eigenvalue weighted by atomic mass is 16.6. The standard InChI is InChI=1S/C22H20N2O6/c25-20(15-5-2-1-3-6-15)18-19(14-8-10-16(11-9-14)24(28)29)23(22(27)21(18)26)13-17-7-4-12-30-17/h1-3,5-6,8-11,17,19,25H,4,7,12-13H2/t17-,19+/m1/s1. The maximum absolute atomic E-state index is 12.9. The monoisotopic (exact) mass is 408 g/mol. The van der Waals surface area contributed by atoms with E-state index in [1.54, 1.807) is 30.3 Å². The molecule has 2 aliphatic heterocycles. The van der Waals surface area contributed by atoms with Crippen LogP contribution in [0.5, 0.6) is 0 Å². The Bertz CT molecular complexity index is 1010. The average Bonchev–Trinajstić information content (AvgIpc) is 3.36. The van der Waals surface area contributed by atoms with E-state index in [1.807, 2.05) is 0 Å². The summed E-state index contributed by atoms with van der Waals surface area (Å²) in [5.41, 5.74) is 0.797. The number of carbonyl (C=O) groups is 2. The summed E-state index contributed by atoms with van der Waals surface area (Å²) in [6.07, 6.45) is 1.45. The van der Waals surface area contributed by atoms with E-state index >= 15 is 0 Å². The molecule has 2 aromatic carbocycles. The molecule has 0 bridgehead atoms. The molecule has 0 aromatic heterocycles. The lowest BCUT2D eigenvalue weighted by atomic mass is 9.95. The van der Waals surface area contributed by atoms with Crippen molar-refractivity contribution in [1.82, 2.24) is 4.90 Å². The fourth-order valence-corrected chi connectivity index (χ4v) is 3.95. The number of aliphatic hydroxyl groups is 1. The highest BCUT2D eigenvalue weighted by Crippen LogP contribution is 2.40. The highest BCUT2D eigenvalue weighted by molar-refractivity contribution is 6.46. The SMILES string of the molecule is O=C1C(=O)N(C[C@H]2CCCO2)[C@@H](c2ccc([N+](=O)[O-])cc2)C1=C(O)c1ccccc1. The van der Waals surface area contributed by atoms with Gasteiger partial charge in [0.15, 0.2) is 0 Å². The molecule has 0 spiro atoms. The van der Waals surface area contributed by atoms with Gasteiger partial charge < -0.3 is 14.7 Å². The number of amides is 1. The number of carbonyl (C=O) groups excluding carboxylic acids is 2. The molecule has 2 atom stereocenters. The lowest BCUT2D eigenvalue weighted by Gasteiger charge is -2.27. The molecule has 8 heteroatoms. The van der Waals surface area contributed by atoms with E-state index in [0.29, 0.717) is 17.7 Å². The normalized spacial score (nSPS) is 23.1. The maximum Gasteiger partial charge on any atom is 0.295 e. The van der Waals surface area contributed by atoms with E-state index in [9.17, 15) is 24.8 Å². The van der Waals surface area contributed by atoms with Crippen LogP contribution in [-0.4, -0.2) is 45.9 Å². The summed E-state index contributed by atoms with van der Waals surface area (Å²) >= 11 is 0. The molecule has 2 heterocycles. The molecular weight excluding hydrogens is 388 g/mol. The maximum atomic E-state index is 12.9. The van der Waals surface area contributed by atoms with Gasteiger partial charge in [-0.15, -0.1) is 0 Å². The van der Waals surface area contributed by atoms with Gasteiger partial charge >= 0.3 is 0 Å². The number of hydrogen-bond donors (Lipinski definition) is 1. The number of non-ortho nitro benzene ring substituents is 1. The van der Waals surface area contributed by atoms with Crippen molar-refractivity contribution in [1.29, 1.82) is 0 Å². The van der Waals surface area contributed by atoms with Gasteiger partial charge in [-0.2, -0.15) is 0 Å². The van der Waals surface area contributed by atoms with Crippen molar-refractivity contribution >= 4 is 23.1 Å². The molecule has 0 unspecified atom stereocenters. The van der Waals surface area contributed by atoms with Crippen LogP contribution in [0.2, 0.25) is 0 Å². The summed E-state index contributed by atoms with van der Waals surface area (Å²) in [7, 11) is 0. The number of benzene rings is 2. The largest absolute Gasteiger partial charge is 0.507 e. The van der Waals surface area contributed by atoms with Gasteiger partial charge in [0.1, 0.15) is 5.76 Å². The van der Waals surface area contributed by atoms with E-state index in [4.69, 9.17) is 4.74 Å². The van der Waals surface area contributed by atoms with Gasteiger partial charge in [-0.3, -0.25) is 19.7 Å². The van der Waals surface area contributed by atoms with Gasteiger partial charge in [-0.05, 0) is 30.5 Å². The van der Waals surface area contributed by atoms with Crippen molar-refractivity contribution in [3.8, 4) is 0 Å². The van der Waals surface area contributed by atoms with Crippen molar-refractivity contribution < 1.29 is 24.4 Å². The average molecular weight is 408 g/mol. The van der Waals surface area contributed by atoms with Gasteiger partial charge in [-0.1, -0.05) is 30.3 Å². The van der Waals surface area contributed by atoms with Gasteiger partial charge in [0.05, 0.1) is 22.6 Å². The Morgan fingerprint density at radius 1 is 1.13 bits per heavy atom. The summed E-state index contributed by atoms with van der Waals surface area (Å²) in [6.45, 7) is 0.804. The molecule has 0 saturated carbocycles. The first kappa shape index (κ1) is 19.8. The molecule has 154 valence electrons. The van der Waals surface area contributed by atoms with E-state index in [2.05, 4.69) is 0 Å². The van der Waals surface area contributed by atoms with Crippen LogP contribution in [-0.2, 0) is 14.3 Å². The van der Waals surface area contributed by atoms with E-state index in [0.717, 1.165) is 12.8 Å². The van der Waals surface area contributed by atoms with Gasteiger partial charge in [0.25, 0.3) is 17.4 Å². The zero-order chi connectivity index (χ0) is 21.3. The third-order valence-electron chi connectivity index (χ3n) is 5.43. The van der Waals surface area contributed by atoms with Crippen LogP contribution in [0, 0.1) is 10.1 Å². The minimum Gasteiger partial charge on any atom is -0.507 e. The lowest BCUT2D eigenvalue weighted by Crippen LogP contribution is -2.36. The molecule has 2 fully saturated rings. The third-order valence-corrected chi connectivity index (χ3v) is 5.43. The number of nitro benzene ring substituents is 1. The van der Waals surface area contributed by atoms with E-state index < -0.39 is 22.7 Å². The summed E-state index contributed by atoms with van der Waals surface area (Å²) in [5.74, 6) is -1.77. The first-order valence-electron chi connectivity index (χ1n) is 9.67. The smallest absolute Gasteiger partial charge is 0.295 e. The molecule has 1 N–H and O–H groups in total. The van der Waals surface area contributed by atoms with Crippen LogP contribution in [0.3, 0.4) is 0 Å². The minimum atomic E-state index is -0.852. The number of nitrogens with zero attached hydrogens (tertiary/aromatic N) is 2. The molecule has 30 heavy (non-hydrogen) atoms. The molecule has 2 aromatic rings. The molecular formula is C22H20N2O6. The van der Waals surface area contributed by atoms with Gasteiger partial charge in [0, 0.05) is 30.8 Å². The summed E-state index contributed by atoms with van der Waals surface area (Å²) < 4.78 is 5.64. The first-order chi connectivity index (χ1) is 14.5. The second-order valence-corrected chi connectivity index (χ2v) is 7.30. The number of likely N-dealkylation sites (tertiary alicyclic amines) is 1. The Morgan fingerprint density at radius 3 is 2.43 bits per heavy atom. The predicted molar refractivity (Wildman–Crippen MR) is 108 cm³/mol. The second kappa shape index (κ2) is 8.08. The van der Waals surface area contributed by atoms with Crippen LogP contribution in [0.4, 0.5) is 5.69 Å². The summed E-state index contributed by atoms with van der Waals surface area (Å²) in [6, 6.07) is 13.3. The molecule has 1 amide bonds. The Balaban J connectivity index is 1.81. The molecule has 8 nitrogen and oxygen atoms in total. The quantitative estimate of drug-likeness (QED) is 0.267. The van der Waals surface area contributed by atoms with Crippen LogP contribution in [0.15, 0.2) is 60.2 Å². The number of hydrogen-bond acceptors (Lipinski definition) is 6. The topological polar surface area (TPSA) is 110 Å². The second-order valence-electron chi connectivity index (χ2n) is 7.30. The van der Waals surface area contributed by atoms with Crippen molar-refractivity contribution in [3.05, 3.63) is 81.4 Å². The Morgan fingerprint density at radius 2 is 1.83 bits per heavy atom.